The number of rotatable bonds is 6. The molecule has 2 aromatic carbocycles. The van der Waals surface area contributed by atoms with Gasteiger partial charge in [-0.15, -0.1) is 0 Å². The van der Waals surface area contributed by atoms with Crippen LogP contribution in [0.3, 0.4) is 0 Å². The van der Waals surface area contributed by atoms with E-state index in [-0.39, 0.29) is 24.3 Å². The Balaban J connectivity index is 1.19. The average molecular weight is 552 g/mol. The smallest absolute Gasteiger partial charge is 0.244 e. The molecule has 1 aliphatic carbocycles. The second-order valence-electron chi connectivity index (χ2n) is 12.6. The van der Waals surface area contributed by atoms with Crippen molar-refractivity contribution < 1.29 is 14.4 Å². The van der Waals surface area contributed by atoms with E-state index in [2.05, 4.69) is 33.1 Å². The lowest BCUT2D eigenvalue weighted by molar-refractivity contribution is -0.142. The van der Waals surface area contributed by atoms with Crippen LogP contribution in [0, 0.1) is 5.41 Å². The van der Waals surface area contributed by atoms with Gasteiger partial charge in [-0.2, -0.15) is 0 Å². The molecule has 3 aliphatic rings. The first-order chi connectivity index (χ1) is 19.6. The van der Waals surface area contributed by atoms with Gasteiger partial charge >= 0.3 is 0 Å². The maximum atomic E-state index is 13.5. The largest absolute Gasteiger partial charge is 0.329 e. The molecule has 1 saturated heterocycles. The van der Waals surface area contributed by atoms with E-state index in [1.807, 2.05) is 63.2 Å². The minimum Gasteiger partial charge on any atom is -0.329 e. The average Bonchev–Trinajstić information content (AvgIpc) is 3.66. The molecule has 3 heterocycles. The molecule has 8 heteroatoms. The van der Waals surface area contributed by atoms with Gasteiger partial charge in [-0.1, -0.05) is 57.2 Å². The third-order valence-electron chi connectivity index (χ3n) is 8.64. The highest BCUT2D eigenvalue weighted by Gasteiger charge is 2.51. The zero-order valence-corrected chi connectivity index (χ0v) is 23.9. The molecule has 3 amide bonds. The van der Waals surface area contributed by atoms with Crippen LogP contribution in [0.4, 0.5) is 11.5 Å². The Hall–Kier alpha value is -4.04. The highest BCUT2D eigenvalue weighted by molar-refractivity contribution is 6.06. The minimum absolute atomic E-state index is 0.0296. The van der Waals surface area contributed by atoms with Gasteiger partial charge in [-0.05, 0) is 72.2 Å². The molecule has 3 aromatic rings. The molecule has 6 rings (SSSR count). The number of hydrogen-bond acceptors (Lipinski definition) is 5. The summed E-state index contributed by atoms with van der Waals surface area (Å²) in [5, 5.41) is 9.38. The summed E-state index contributed by atoms with van der Waals surface area (Å²) < 4.78 is 0. The van der Waals surface area contributed by atoms with Gasteiger partial charge in [0.15, 0.2) is 0 Å². The zero-order valence-electron chi connectivity index (χ0n) is 23.9. The molecule has 1 fully saturated rings. The first-order valence-electron chi connectivity index (χ1n) is 14.4. The number of carbonyl (C=O) groups is 3. The molecule has 2 unspecified atom stereocenters. The van der Waals surface area contributed by atoms with Crippen LogP contribution in [0.15, 0.2) is 60.8 Å². The van der Waals surface area contributed by atoms with Crippen LogP contribution in [0.25, 0.3) is 0 Å². The van der Waals surface area contributed by atoms with Gasteiger partial charge in [-0.3, -0.25) is 14.4 Å². The predicted octanol–water partition coefficient (Wildman–Crippen LogP) is 4.16. The van der Waals surface area contributed by atoms with Gasteiger partial charge in [0.05, 0.1) is 5.41 Å². The van der Waals surface area contributed by atoms with Gasteiger partial charge in [0.2, 0.25) is 17.7 Å². The Kier molecular flexibility index (Phi) is 6.90. The van der Waals surface area contributed by atoms with E-state index in [9.17, 15) is 14.4 Å². The van der Waals surface area contributed by atoms with Crippen LogP contribution in [-0.4, -0.2) is 47.2 Å². The SMILES string of the molecule is CC(C)(C)C(=O)N(CC(=O)Nc1ccc2c(c1)CC1(C2)C(=O)Nc2ncccc21)Cc1ccccc1C1CCNC1. The fraction of sp³-hybridized carbons (Fsp3) is 0.394. The monoisotopic (exact) mass is 551 g/mol. The summed E-state index contributed by atoms with van der Waals surface area (Å²) in [6.45, 7) is 7.90. The van der Waals surface area contributed by atoms with Gasteiger partial charge in [0.25, 0.3) is 0 Å². The van der Waals surface area contributed by atoms with Crippen molar-refractivity contribution in [2.45, 2.75) is 57.9 Å². The van der Waals surface area contributed by atoms with E-state index in [4.69, 9.17) is 0 Å². The third kappa shape index (κ3) is 5.12. The summed E-state index contributed by atoms with van der Waals surface area (Å²) in [5.74, 6) is 0.697. The Morgan fingerprint density at radius 2 is 1.88 bits per heavy atom. The van der Waals surface area contributed by atoms with Gasteiger partial charge in [0, 0.05) is 36.0 Å². The fourth-order valence-corrected chi connectivity index (χ4v) is 6.59. The molecular formula is C33H37N5O3. The summed E-state index contributed by atoms with van der Waals surface area (Å²) in [4.78, 5) is 45.9. The van der Waals surface area contributed by atoms with Gasteiger partial charge in [-0.25, -0.2) is 4.98 Å². The number of fused-ring (bicyclic) bond motifs is 3. The summed E-state index contributed by atoms with van der Waals surface area (Å²) in [6.07, 6.45) is 3.91. The topological polar surface area (TPSA) is 103 Å². The van der Waals surface area contributed by atoms with E-state index in [1.165, 1.54) is 5.56 Å². The van der Waals surface area contributed by atoms with Crippen molar-refractivity contribution in [3.05, 3.63) is 88.6 Å². The van der Waals surface area contributed by atoms with Crippen molar-refractivity contribution in [2.75, 3.05) is 30.3 Å². The minimum atomic E-state index is -0.660. The molecule has 41 heavy (non-hydrogen) atoms. The van der Waals surface area contributed by atoms with Crippen molar-refractivity contribution in [3.8, 4) is 0 Å². The van der Waals surface area contributed by atoms with Crippen LogP contribution in [0.1, 0.15) is 60.9 Å². The Bertz CT molecular complexity index is 1520. The van der Waals surface area contributed by atoms with Crippen LogP contribution in [0.2, 0.25) is 0 Å². The number of amides is 3. The maximum Gasteiger partial charge on any atom is 0.244 e. The van der Waals surface area contributed by atoms with Crippen molar-refractivity contribution >= 4 is 29.2 Å². The lowest BCUT2D eigenvalue weighted by atomic mass is 9.79. The number of nitrogens with one attached hydrogen (secondary N) is 3. The predicted molar refractivity (Wildman–Crippen MR) is 159 cm³/mol. The first kappa shape index (κ1) is 27.1. The van der Waals surface area contributed by atoms with Crippen LogP contribution < -0.4 is 16.0 Å². The molecule has 3 N–H and O–H groups in total. The number of benzene rings is 2. The summed E-state index contributed by atoms with van der Waals surface area (Å²) in [6, 6.07) is 17.9. The third-order valence-corrected chi connectivity index (χ3v) is 8.64. The molecular weight excluding hydrogens is 514 g/mol. The highest BCUT2D eigenvalue weighted by Crippen LogP contribution is 2.47. The number of carbonyl (C=O) groups excluding carboxylic acids is 3. The molecule has 1 aromatic heterocycles. The van der Waals surface area contributed by atoms with Crippen LogP contribution in [0.5, 0.6) is 0 Å². The maximum absolute atomic E-state index is 13.5. The number of aromatic nitrogens is 1. The van der Waals surface area contributed by atoms with Gasteiger partial charge in [0.1, 0.15) is 12.4 Å². The second-order valence-corrected chi connectivity index (χ2v) is 12.6. The summed E-state index contributed by atoms with van der Waals surface area (Å²) in [7, 11) is 0. The van der Waals surface area contributed by atoms with Gasteiger partial charge < -0.3 is 20.9 Å². The molecule has 0 radical (unpaired) electrons. The fourth-order valence-electron chi connectivity index (χ4n) is 6.59. The van der Waals surface area contributed by atoms with Crippen LogP contribution >= 0.6 is 0 Å². The number of hydrogen-bond donors (Lipinski definition) is 3. The molecule has 0 saturated carbocycles. The van der Waals surface area contributed by atoms with E-state index in [0.29, 0.717) is 36.8 Å². The van der Waals surface area contributed by atoms with Crippen molar-refractivity contribution in [1.29, 1.82) is 0 Å². The number of anilines is 2. The Morgan fingerprint density at radius 3 is 2.66 bits per heavy atom. The lowest BCUT2D eigenvalue weighted by Gasteiger charge is -2.30. The highest BCUT2D eigenvalue weighted by atomic mass is 16.2. The summed E-state index contributed by atoms with van der Waals surface area (Å²) >= 11 is 0. The van der Waals surface area contributed by atoms with E-state index in [1.54, 1.807) is 11.1 Å². The van der Waals surface area contributed by atoms with E-state index in [0.717, 1.165) is 41.8 Å². The zero-order chi connectivity index (χ0) is 28.8. The molecule has 2 atom stereocenters. The van der Waals surface area contributed by atoms with E-state index >= 15 is 0 Å². The standard InChI is InChI=1S/C33H37N5O3/c1-32(2,3)31(41)38(19-23-7-4-5-8-26(23)22-12-14-34-18-22)20-28(39)36-25-11-10-21-16-33(17-24(21)15-25)27-9-6-13-35-29(27)37-30(33)40/h4-11,13,15,22,34H,12,14,16-20H2,1-3H3,(H,36,39)(H,35,37,40). The molecule has 2 aliphatic heterocycles. The quantitative estimate of drug-likeness (QED) is 0.427. The normalized spacial score (nSPS) is 21.0. The Labute approximate surface area is 240 Å². The Morgan fingerprint density at radius 1 is 1.07 bits per heavy atom. The first-order valence-corrected chi connectivity index (χ1v) is 14.4. The number of nitrogens with zero attached hydrogens (tertiary/aromatic N) is 2. The van der Waals surface area contributed by atoms with Crippen molar-refractivity contribution in [3.63, 3.8) is 0 Å². The molecule has 1 spiro atoms. The second kappa shape index (κ2) is 10.4. The van der Waals surface area contributed by atoms with Crippen molar-refractivity contribution in [1.82, 2.24) is 15.2 Å². The molecule has 212 valence electrons. The van der Waals surface area contributed by atoms with Crippen molar-refractivity contribution in [2.24, 2.45) is 5.41 Å². The molecule has 0 bridgehead atoms. The molecule has 8 nitrogen and oxygen atoms in total. The van der Waals surface area contributed by atoms with Crippen LogP contribution in [-0.2, 0) is 39.2 Å². The summed E-state index contributed by atoms with van der Waals surface area (Å²) in [5.41, 5.74) is 4.76. The number of pyridine rings is 1. The lowest BCUT2D eigenvalue weighted by Crippen LogP contribution is -2.43. The van der Waals surface area contributed by atoms with E-state index < -0.39 is 10.8 Å².